The quantitative estimate of drug-likeness (QED) is 0.512. The lowest BCUT2D eigenvalue weighted by Crippen LogP contribution is -2.13. The first-order valence-electron chi connectivity index (χ1n) is 4.71. The summed E-state index contributed by atoms with van der Waals surface area (Å²) in [4.78, 5) is 11.3. The Labute approximate surface area is 95.4 Å². The van der Waals surface area contributed by atoms with E-state index in [0.717, 1.165) is 6.20 Å². The molecule has 0 aromatic carbocycles. The van der Waals surface area contributed by atoms with Crippen LogP contribution in [0.2, 0.25) is 0 Å². The van der Waals surface area contributed by atoms with Crippen LogP contribution in [0.1, 0.15) is 11.7 Å². The van der Waals surface area contributed by atoms with Gasteiger partial charge in [0, 0.05) is 6.92 Å². The highest BCUT2D eigenvalue weighted by atomic mass is 19.1. The smallest absolute Gasteiger partial charge is 0.239 e. The molecule has 0 aliphatic carbocycles. The molecule has 0 unspecified atom stereocenters. The second-order valence-electron chi connectivity index (χ2n) is 3.12. The number of aromatic nitrogens is 4. The zero-order valence-corrected chi connectivity index (χ0v) is 8.94. The van der Waals surface area contributed by atoms with Gasteiger partial charge in [0.15, 0.2) is 17.5 Å². The minimum atomic E-state index is -0.593. The summed E-state index contributed by atoms with van der Waals surface area (Å²) in [7, 11) is 0. The lowest BCUT2D eigenvalue weighted by atomic mass is 10.5. The van der Waals surface area contributed by atoms with Crippen LogP contribution in [0.5, 0.6) is 0 Å². The first kappa shape index (κ1) is 11.2. The molecule has 90 valence electrons. The van der Waals surface area contributed by atoms with Crippen molar-refractivity contribution in [1.82, 2.24) is 20.1 Å². The highest BCUT2D eigenvalue weighted by Crippen LogP contribution is 2.11. The third kappa shape index (κ3) is 2.64. The van der Waals surface area contributed by atoms with Crippen molar-refractivity contribution < 1.29 is 8.91 Å². The fourth-order valence-corrected chi connectivity index (χ4v) is 1.14. The van der Waals surface area contributed by atoms with Gasteiger partial charge in [-0.25, -0.2) is 15.2 Å². The topological polar surface area (TPSA) is 115 Å². The maximum atomic E-state index is 13.3. The first-order valence-corrected chi connectivity index (χ1v) is 4.71. The zero-order valence-electron chi connectivity index (χ0n) is 8.94. The van der Waals surface area contributed by atoms with Crippen LogP contribution in [-0.4, -0.2) is 20.1 Å². The Kier molecular flexibility index (Phi) is 3.10. The largest absolute Gasteiger partial charge is 0.360 e. The molecular formula is C8H10FN7O. The SMILES string of the molecule is Cc1nc(CNc2nc(NN)ncc2F)no1. The third-order valence-electron chi connectivity index (χ3n) is 1.86. The van der Waals surface area contributed by atoms with Gasteiger partial charge in [0.05, 0.1) is 12.7 Å². The van der Waals surface area contributed by atoms with Crippen LogP contribution < -0.4 is 16.6 Å². The fourth-order valence-electron chi connectivity index (χ4n) is 1.14. The van der Waals surface area contributed by atoms with E-state index in [1.54, 1.807) is 6.92 Å². The predicted octanol–water partition coefficient (Wildman–Crippen LogP) is 0.205. The van der Waals surface area contributed by atoms with E-state index in [-0.39, 0.29) is 18.3 Å². The lowest BCUT2D eigenvalue weighted by Gasteiger charge is -2.05. The summed E-state index contributed by atoms with van der Waals surface area (Å²) in [5.74, 6) is 5.48. The molecule has 0 saturated carbocycles. The zero-order chi connectivity index (χ0) is 12.3. The minimum absolute atomic E-state index is 0.00963. The Morgan fingerprint density at radius 1 is 1.47 bits per heavy atom. The molecule has 0 fully saturated rings. The fraction of sp³-hybridized carbons (Fsp3) is 0.250. The molecule has 0 aliphatic heterocycles. The summed E-state index contributed by atoms with van der Waals surface area (Å²) < 4.78 is 18.1. The monoisotopic (exact) mass is 239 g/mol. The van der Waals surface area contributed by atoms with Crippen molar-refractivity contribution in [3.63, 3.8) is 0 Å². The molecule has 0 amide bonds. The summed E-state index contributed by atoms with van der Waals surface area (Å²) in [6.45, 7) is 1.85. The molecule has 17 heavy (non-hydrogen) atoms. The van der Waals surface area contributed by atoms with Gasteiger partial charge in [-0.3, -0.25) is 5.43 Å². The molecule has 2 aromatic rings. The average Bonchev–Trinajstić information content (AvgIpc) is 2.74. The van der Waals surface area contributed by atoms with Gasteiger partial charge in [0.2, 0.25) is 11.8 Å². The molecule has 0 radical (unpaired) electrons. The van der Waals surface area contributed by atoms with Gasteiger partial charge in [-0.15, -0.1) is 0 Å². The van der Waals surface area contributed by atoms with Gasteiger partial charge >= 0.3 is 0 Å². The van der Waals surface area contributed by atoms with Crippen molar-refractivity contribution in [2.24, 2.45) is 5.84 Å². The maximum Gasteiger partial charge on any atom is 0.239 e. The van der Waals surface area contributed by atoms with Crippen LogP contribution >= 0.6 is 0 Å². The second kappa shape index (κ2) is 4.70. The predicted molar refractivity (Wildman–Crippen MR) is 56.2 cm³/mol. The number of halogens is 1. The van der Waals surface area contributed by atoms with Gasteiger partial charge in [-0.2, -0.15) is 9.97 Å². The molecule has 2 aromatic heterocycles. The Hall–Kier alpha value is -2.29. The van der Waals surface area contributed by atoms with E-state index < -0.39 is 5.82 Å². The Bertz CT molecular complexity index is 514. The molecule has 0 spiro atoms. The second-order valence-corrected chi connectivity index (χ2v) is 3.12. The van der Waals surface area contributed by atoms with Crippen LogP contribution in [0.3, 0.4) is 0 Å². The van der Waals surface area contributed by atoms with Crippen LogP contribution in [-0.2, 0) is 6.54 Å². The first-order chi connectivity index (χ1) is 8.19. The number of aryl methyl sites for hydroxylation is 1. The van der Waals surface area contributed by atoms with Crippen LogP contribution in [0.15, 0.2) is 10.7 Å². The maximum absolute atomic E-state index is 13.3. The van der Waals surface area contributed by atoms with Crippen LogP contribution in [0.25, 0.3) is 0 Å². The molecule has 2 rings (SSSR count). The van der Waals surface area contributed by atoms with Crippen molar-refractivity contribution in [3.05, 3.63) is 23.7 Å². The number of nitrogens with zero attached hydrogens (tertiary/aromatic N) is 4. The summed E-state index contributed by atoms with van der Waals surface area (Å²) >= 11 is 0. The molecule has 0 bridgehead atoms. The molecule has 9 heteroatoms. The molecule has 0 aliphatic rings. The number of nitrogen functional groups attached to an aromatic ring is 1. The number of rotatable bonds is 4. The van der Waals surface area contributed by atoms with Gasteiger partial charge in [-0.1, -0.05) is 5.16 Å². The standard InChI is InChI=1S/C8H10FN7O/c1-4-13-6(16-17-4)3-11-7-5(9)2-12-8(14-7)15-10/h2H,3,10H2,1H3,(H2,11,12,14,15). The molecule has 0 saturated heterocycles. The average molecular weight is 239 g/mol. The molecule has 2 heterocycles. The van der Waals surface area contributed by atoms with Crippen LogP contribution in [0, 0.1) is 12.7 Å². The molecule has 4 N–H and O–H groups in total. The van der Waals surface area contributed by atoms with Crippen molar-refractivity contribution in [2.75, 3.05) is 10.7 Å². The number of hydrogen-bond donors (Lipinski definition) is 3. The van der Waals surface area contributed by atoms with Crippen LogP contribution in [0.4, 0.5) is 16.2 Å². The number of nitrogens with one attached hydrogen (secondary N) is 2. The van der Waals surface area contributed by atoms with Crippen molar-refractivity contribution >= 4 is 11.8 Å². The van der Waals surface area contributed by atoms with Crippen molar-refractivity contribution in [2.45, 2.75) is 13.5 Å². The third-order valence-corrected chi connectivity index (χ3v) is 1.86. The van der Waals surface area contributed by atoms with E-state index in [9.17, 15) is 4.39 Å². The normalized spacial score (nSPS) is 10.3. The van der Waals surface area contributed by atoms with E-state index >= 15 is 0 Å². The van der Waals surface area contributed by atoms with E-state index in [2.05, 4.69) is 30.9 Å². The van der Waals surface area contributed by atoms with Gasteiger partial charge < -0.3 is 9.84 Å². The Morgan fingerprint density at radius 3 is 2.94 bits per heavy atom. The van der Waals surface area contributed by atoms with E-state index in [1.807, 2.05) is 0 Å². The molecule has 8 nitrogen and oxygen atoms in total. The lowest BCUT2D eigenvalue weighted by molar-refractivity contribution is 0.388. The minimum Gasteiger partial charge on any atom is -0.360 e. The van der Waals surface area contributed by atoms with Crippen molar-refractivity contribution in [1.29, 1.82) is 0 Å². The van der Waals surface area contributed by atoms with Gasteiger partial charge in [0.25, 0.3) is 0 Å². The summed E-state index contributed by atoms with van der Waals surface area (Å²) in [5.41, 5.74) is 2.22. The number of nitrogens with two attached hydrogens (primary N) is 1. The molecular weight excluding hydrogens is 229 g/mol. The number of hydrogen-bond acceptors (Lipinski definition) is 8. The van der Waals surface area contributed by atoms with Crippen molar-refractivity contribution in [3.8, 4) is 0 Å². The summed E-state index contributed by atoms with van der Waals surface area (Å²) in [5, 5.41) is 6.36. The van der Waals surface area contributed by atoms with E-state index in [4.69, 9.17) is 10.4 Å². The number of hydrazine groups is 1. The van der Waals surface area contributed by atoms with Gasteiger partial charge in [0.1, 0.15) is 0 Å². The summed E-state index contributed by atoms with van der Waals surface area (Å²) in [6.07, 6.45) is 1.01. The highest BCUT2D eigenvalue weighted by Gasteiger charge is 2.08. The highest BCUT2D eigenvalue weighted by molar-refractivity contribution is 5.40. The van der Waals surface area contributed by atoms with E-state index in [1.165, 1.54) is 0 Å². The Balaban J connectivity index is 2.07. The molecule has 0 atom stereocenters. The number of anilines is 2. The summed E-state index contributed by atoms with van der Waals surface area (Å²) in [6, 6.07) is 0. The Morgan fingerprint density at radius 2 is 2.29 bits per heavy atom. The van der Waals surface area contributed by atoms with E-state index in [0.29, 0.717) is 11.7 Å². The van der Waals surface area contributed by atoms with Gasteiger partial charge in [-0.05, 0) is 0 Å².